The standard InChI is InChI=1S/C34H44FN2O5P/c1-8-41-43(7,39)21-31(24-12-13-24)25-10-9-11-28(17-25)42-34(38)26-14-15-29(30-18-33(40-6)36-19-32(30)35)27(16-26)20-37(22(2)3)23(4)5/h9-11,14-19,22-24,31H,8,12-13,20-21H2,1-7H3. The molecule has 232 valence electrons. The first-order valence-corrected chi connectivity index (χ1v) is 17.3. The van der Waals surface area contributed by atoms with Gasteiger partial charge in [-0.3, -0.25) is 9.46 Å². The van der Waals surface area contributed by atoms with E-state index in [1.165, 1.54) is 7.11 Å². The Morgan fingerprint density at radius 2 is 1.79 bits per heavy atom. The van der Waals surface area contributed by atoms with Gasteiger partial charge >= 0.3 is 5.97 Å². The van der Waals surface area contributed by atoms with Crippen molar-refractivity contribution in [1.29, 1.82) is 0 Å². The van der Waals surface area contributed by atoms with E-state index in [4.69, 9.17) is 14.0 Å². The third-order valence-electron chi connectivity index (χ3n) is 7.97. The van der Waals surface area contributed by atoms with Crippen LogP contribution in [0.2, 0.25) is 0 Å². The molecule has 0 spiro atoms. The van der Waals surface area contributed by atoms with Crippen LogP contribution < -0.4 is 9.47 Å². The highest BCUT2D eigenvalue weighted by Crippen LogP contribution is 2.53. The molecule has 0 N–H and O–H groups in total. The van der Waals surface area contributed by atoms with Crippen LogP contribution in [0.1, 0.15) is 74.9 Å². The van der Waals surface area contributed by atoms with Gasteiger partial charge in [0.2, 0.25) is 13.2 Å². The van der Waals surface area contributed by atoms with Gasteiger partial charge in [0.15, 0.2) is 0 Å². The van der Waals surface area contributed by atoms with Gasteiger partial charge in [0, 0.05) is 43.1 Å². The number of ether oxygens (including phenoxy) is 2. The molecule has 0 amide bonds. The predicted molar refractivity (Wildman–Crippen MR) is 169 cm³/mol. The molecule has 0 aliphatic heterocycles. The van der Waals surface area contributed by atoms with Crippen molar-refractivity contribution >= 4 is 13.3 Å². The van der Waals surface area contributed by atoms with E-state index in [2.05, 4.69) is 37.6 Å². The fourth-order valence-corrected chi connectivity index (χ4v) is 7.57. The number of methoxy groups -OCH3 is 1. The molecule has 43 heavy (non-hydrogen) atoms. The van der Waals surface area contributed by atoms with E-state index in [0.717, 1.165) is 30.2 Å². The molecule has 1 aliphatic carbocycles. The molecule has 3 aromatic rings. The molecule has 0 bridgehead atoms. The number of hydrogen-bond acceptors (Lipinski definition) is 7. The Hall–Kier alpha value is -3.06. The van der Waals surface area contributed by atoms with Crippen LogP contribution in [0.25, 0.3) is 11.1 Å². The summed E-state index contributed by atoms with van der Waals surface area (Å²) >= 11 is 0. The Morgan fingerprint density at radius 1 is 1.07 bits per heavy atom. The summed E-state index contributed by atoms with van der Waals surface area (Å²) in [6.07, 6.45) is 3.79. The lowest BCUT2D eigenvalue weighted by atomic mass is 9.96. The van der Waals surface area contributed by atoms with E-state index < -0.39 is 19.2 Å². The maximum Gasteiger partial charge on any atom is 0.343 e. The minimum atomic E-state index is -2.74. The molecule has 2 unspecified atom stereocenters. The van der Waals surface area contributed by atoms with Crippen LogP contribution in [-0.4, -0.2) is 54.5 Å². The zero-order valence-corrected chi connectivity index (χ0v) is 27.2. The van der Waals surface area contributed by atoms with Gasteiger partial charge in [-0.1, -0.05) is 18.2 Å². The number of benzene rings is 2. The van der Waals surface area contributed by atoms with E-state index in [-0.39, 0.29) is 18.0 Å². The zero-order chi connectivity index (χ0) is 31.3. The molecule has 2 atom stereocenters. The number of carbonyl (C=O) groups is 1. The third kappa shape index (κ3) is 8.53. The molecule has 1 saturated carbocycles. The smallest absolute Gasteiger partial charge is 0.343 e. The van der Waals surface area contributed by atoms with Crippen LogP contribution in [0.15, 0.2) is 54.7 Å². The molecular weight excluding hydrogens is 566 g/mol. The molecule has 0 radical (unpaired) electrons. The van der Waals surface area contributed by atoms with Gasteiger partial charge < -0.3 is 14.0 Å². The van der Waals surface area contributed by atoms with Crippen LogP contribution in [-0.2, 0) is 15.6 Å². The Morgan fingerprint density at radius 3 is 2.42 bits per heavy atom. The number of carbonyl (C=O) groups excluding carboxylic acids is 1. The number of hydrogen-bond donors (Lipinski definition) is 0. The quantitative estimate of drug-likeness (QED) is 0.104. The molecule has 2 aromatic carbocycles. The van der Waals surface area contributed by atoms with Crippen molar-refractivity contribution in [2.24, 2.45) is 5.92 Å². The Kier molecular flexibility index (Phi) is 10.8. The van der Waals surface area contributed by atoms with Crippen LogP contribution in [0.4, 0.5) is 4.39 Å². The lowest BCUT2D eigenvalue weighted by Gasteiger charge is -2.31. The molecule has 7 nitrogen and oxygen atoms in total. The molecule has 1 aliphatic rings. The summed E-state index contributed by atoms with van der Waals surface area (Å²) in [6, 6.07) is 14.7. The molecule has 1 heterocycles. The summed E-state index contributed by atoms with van der Waals surface area (Å²) in [5, 5.41) is 0. The second-order valence-corrected chi connectivity index (χ2v) is 14.6. The predicted octanol–water partition coefficient (Wildman–Crippen LogP) is 8.17. The minimum Gasteiger partial charge on any atom is -0.481 e. The maximum atomic E-state index is 15.0. The Balaban J connectivity index is 1.65. The van der Waals surface area contributed by atoms with Crippen molar-refractivity contribution in [1.82, 2.24) is 9.88 Å². The first-order chi connectivity index (χ1) is 20.4. The minimum absolute atomic E-state index is 0.0808. The fraction of sp³-hybridized carbons (Fsp3) is 0.471. The van der Waals surface area contributed by atoms with Gasteiger partial charge in [-0.25, -0.2) is 14.2 Å². The SMILES string of the molecule is CCOP(C)(=O)CC(c1cccc(OC(=O)c2ccc(-c3cc(OC)ncc3F)c(CN(C(C)C)C(C)C)c2)c1)C1CC1. The summed E-state index contributed by atoms with van der Waals surface area (Å²) in [5.41, 5.74) is 3.17. The van der Waals surface area contributed by atoms with Crippen LogP contribution >= 0.6 is 7.37 Å². The second-order valence-electron chi connectivity index (χ2n) is 12.0. The van der Waals surface area contributed by atoms with E-state index in [9.17, 15) is 9.36 Å². The summed E-state index contributed by atoms with van der Waals surface area (Å²) < 4.78 is 44.7. The van der Waals surface area contributed by atoms with Crippen LogP contribution in [0.5, 0.6) is 11.6 Å². The molecule has 1 aromatic heterocycles. The largest absolute Gasteiger partial charge is 0.481 e. The highest BCUT2D eigenvalue weighted by atomic mass is 31.2. The molecular formula is C34H44FN2O5P. The normalized spacial score (nSPS) is 15.5. The highest BCUT2D eigenvalue weighted by Gasteiger charge is 2.36. The number of pyridine rings is 1. The van der Waals surface area contributed by atoms with Gasteiger partial charge in [0.05, 0.1) is 25.5 Å². The summed E-state index contributed by atoms with van der Waals surface area (Å²) in [4.78, 5) is 19.7. The molecule has 9 heteroatoms. The van der Waals surface area contributed by atoms with E-state index in [1.54, 1.807) is 37.0 Å². The van der Waals surface area contributed by atoms with Crippen LogP contribution in [0.3, 0.4) is 0 Å². The van der Waals surface area contributed by atoms with Crippen molar-refractivity contribution < 1.29 is 27.7 Å². The van der Waals surface area contributed by atoms with Crippen LogP contribution in [0, 0.1) is 11.7 Å². The lowest BCUT2D eigenvalue weighted by Crippen LogP contribution is -2.36. The summed E-state index contributed by atoms with van der Waals surface area (Å²) in [7, 11) is -1.25. The number of esters is 1. The number of aromatic nitrogens is 1. The van der Waals surface area contributed by atoms with E-state index in [0.29, 0.717) is 53.6 Å². The number of rotatable bonds is 14. The monoisotopic (exact) mass is 610 g/mol. The average Bonchev–Trinajstić information content (AvgIpc) is 3.80. The zero-order valence-electron chi connectivity index (χ0n) is 26.3. The summed E-state index contributed by atoms with van der Waals surface area (Å²) in [6.45, 7) is 12.9. The van der Waals surface area contributed by atoms with Crippen molar-refractivity contribution in [2.45, 2.75) is 72.0 Å². The van der Waals surface area contributed by atoms with E-state index in [1.807, 2.05) is 25.1 Å². The van der Waals surface area contributed by atoms with Crippen molar-refractivity contribution in [2.75, 3.05) is 26.5 Å². The average molecular weight is 611 g/mol. The topological polar surface area (TPSA) is 78.0 Å². The molecule has 1 fully saturated rings. The number of nitrogens with zero attached hydrogens (tertiary/aromatic N) is 2. The summed E-state index contributed by atoms with van der Waals surface area (Å²) in [5.74, 6) is 0.291. The van der Waals surface area contributed by atoms with Crippen molar-refractivity contribution in [3.8, 4) is 22.8 Å². The van der Waals surface area contributed by atoms with Crippen molar-refractivity contribution in [3.05, 3.63) is 77.2 Å². The van der Waals surface area contributed by atoms with Gasteiger partial charge in [0.25, 0.3) is 0 Å². The van der Waals surface area contributed by atoms with E-state index >= 15 is 4.39 Å². The van der Waals surface area contributed by atoms with Gasteiger partial charge in [-0.2, -0.15) is 0 Å². The third-order valence-corrected chi connectivity index (χ3v) is 9.83. The second kappa shape index (κ2) is 14.1. The van der Waals surface area contributed by atoms with Gasteiger partial charge in [-0.05, 0) is 100 Å². The molecule has 0 saturated heterocycles. The Bertz CT molecular complexity index is 1460. The van der Waals surface area contributed by atoms with Crippen molar-refractivity contribution in [3.63, 3.8) is 0 Å². The fourth-order valence-electron chi connectivity index (χ4n) is 5.69. The van der Waals surface area contributed by atoms with Gasteiger partial charge in [-0.15, -0.1) is 0 Å². The first kappa shape index (κ1) is 32.8. The maximum absolute atomic E-state index is 15.0. The number of halogens is 1. The lowest BCUT2D eigenvalue weighted by molar-refractivity contribution is 0.0734. The first-order valence-electron chi connectivity index (χ1n) is 15.0. The Labute approximate surface area is 255 Å². The molecule has 4 rings (SSSR count). The highest BCUT2D eigenvalue weighted by molar-refractivity contribution is 7.58. The van der Waals surface area contributed by atoms with Gasteiger partial charge in [0.1, 0.15) is 11.6 Å².